The number of ether oxygens (including phenoxy) is 2. The first-order valence-electron chi connectivity index (χ1n) is 10.4. The van der Waals surface area contributed by atoms with Crippen LogP contribution in [-0.2, 0) is 37.4 Å². The van der Waals surface area contributed by atoms with Crippen molar-refractivity contribution in [3.63, 3.8) is 0 Å². The van der Waals surface area contributed by atoms with Crippen LogP contribution in [0.3, 0.4) is 0 Å². The van der Waals surface area contributed by atoms with Crippen LogP contribution in [0.5, 0.6) is 0 Å². The molecule has 0 saturated carbocycles. The highest BCUT2D eigenvalue weighted by atomic mass is 16.6. The maximum Gasteiger partial charge on any atom is 0.330 e. The van der Waals surface area contributed by atoms with Crippen molar-refractivity contribution in [3.8, 4) is 0 Å². The molecule has 0 aromatic heterocycles. The summed E-state index contributed by atoms with van der Waals surface area (Å²) in [6, 6.07) is 15.4. The van der Waals surface area contributed by atoms with Crippen molar-refractivity contribution in [1.29, 1.82) is 0 Å². The van der Waals surface area contributed by atoms with E-state index in [0.717, 1.165) is 30.5 Å². The van der Waals surface area contributed by atoms with Gasteiger partial charge in [-0.2, -0.15) is 0 Å². The maximum atomic E-state index is 13.6. The molecule has 0 bridgehead atoms. The Morgan fingerprint density at radius 2 is 1.59 bits per heavy atom. The van der Waals surface area contributed by atoms with E-state index in [2.05, 4.69) is 11.0 Å². The van der Waals surface area contributed by atoms with Crippen molar-refractivity contribution in [2.45, 2.75) is 44.7 Å². The maximum absolute atomic E-state index is 13.6. The van der Waals surface area contributed by atoms with Gasteiger partial charge >= 0.3 is 11.9 Å². The summed E-state index contributed by atoms with van der Waals surface area (Å²) in [5, 5.41) is 0. The number of benzene rings is 2. The number of carbonyl (C=O) groups is 2. The number of rotatable bonds is 4. The number of hydrogen-bond acceptors (Lipinski definition) is 5. The standard InChI is InChI=1S/C24H27NO4/c1-3-28-22(26)24(23(27)29-4-2)20-14-8-6-11-18(20)16-25-15-9-12-17-10-5-7-13-19(17)21(24)25/h5-8,10-11,13-14,21H,3-4,9,12,15-16H2,1-2H3. The molecule has 4 rings (SSSR count). The van der Waals surface area contributed by atoms with E-state index in [4.69, 9.17) is 9.47 Å². The zero-order chi connectivity index (χ0) is 20.4. The Morgan fingerprint density at radius 1 is 0.966 bits per heavy atom. The average molecular weight is 393 g/mol. The lowest BCUT2D eigenvalue weighted by Gasteiger charge is -2.47. The Morgan fingerprint density at radius 3 is 2.28 bits per heavy atom. The van der Waals surface area contributed by atoms with E-state index >= 15 is 0 Å². The second-order valence-corrected chi connectivity index (χ2v) is 7.58. The van der Waals surface area contributed by atoms with E-state index in [9.17, 15) is 9.59 Å². The van der Waals surface area contributed by atoms with Gasteiger partial charge in [-0.1, -0.05) is 48.5 Å². The summed E-state index contributed by atoms with van der Waals surface area (Å²) >= 11 is 0. The van der Waals surface area contributed by atoms with Crippen LogP contribution >= 0.6 is 0 Å². The number of hydrogen-bond donors (Lipinski definition) is 0. The topological polar surface area (TPSA) is 55.8 Å². The molecule has 0 radical (unpaired) electrons. The Balaban J connectivity index is 2.04. The molecule has 0 fully saturated rings. The molecule has 29 heavy (non-hydrogen) atoms. The number of carbonyl (C=O) groups excluding carboxylic acids is 2. The van der Waals surface area contributed by atoms with Crippen molar-refractivity contribution in [1.82, 2.24) is 4.90 Å². The summed E-state index contributed by atoms with van der Waals surface area (Å²) in [6.07, 6.45) is 1.89. The molecule has 5 heteroatoms. The predicted octanol–water partition coefficient (Wildman–Crippen LogP) is 3.55. The number of nitrogens with zero attached hydrogens (tertiary/aromatic N) is 1. The molecule has 0 spiro atoms. The highest BCUT2D eigenvalue weighted by Gasteiger charge is 2.62. The van der Waals surface area contributed by atoms with E-state index in [1.807, 2.05) is 42.5 Å². The highest BCUT2D eigenvalue weighted by molar-refractivity contribution is 6.08. The fraction of sp³-hybridized carbons (Fsp3) is 0.417. The third-order valence-corrected chi connectivity index (χ3v) is 6.03. The molecule has 2 aliphatic rings. The summed E-state index contributed by atoms with van der Waals surface area (Å²) in [5.41, 5.74) is 2.33. The molecular weight excluding hydrogens is 366 g/mol. The van der Waals surface area contributed by atoms with Gasteiger partial charge in [-0.25, -0.2) is 0 Å². The molecular formula is C24H27NO4. The molecule has 5 nitrogen and oxygen atoms in total. The van der Waals surface area contributed by atoms with Crippen LogP contribution < -0.4 is 0 Å². The second-order valence-electron chi connectivity index (χ2n) is 7.58. The number of aryl methyl sites for hydroxylation is 1. The van der Waals surface area contributed by atoms with Gasteiger partial charge in [-0.05, 0) is 55.5 Å². The third kappa shape index (κ3) is 3.04. The van der Waals surface area contributed by atoms with Gasteiger partial charge in [0.05, 0.1) is 19.3 Å². The minimum Gasteiger partial charge on any atom is -0.465 e. The highest BCUT2D eigenvalue weighted by Crippen LogP contribution is 2.50. The van der Waals surface area contributed by atoms with Crippen molar-refractivity contribution in [2.75, 3.05) is 19.8 Å². The van der Waals surface area contributed by atoms with Gasteiger partial charge in [0, 0.05) is 6.54 Å². The Hall–Kier alpha value is -2.66. The summed E-state index contributed by atoms with van der Waals surface area (Å²) in [6.45, 7) is 5.44. The lowest BCUT2D eigenvalue weighted by Crippen LogP contribution is -2.58. The van der Waals surface area contributed by atoms with Gasteiger partial charge in [0.1, 0.15) is 0 Å². The molecule has 152 valence electrons. The largest absolute Gasteiger partial charge is 0.465 e. The molecule has 0 amide bonds. The van der Waals surface area contributed by atoms with Crippen molar-refractivity contribution < 1.29 is 19.1 Å². The molecule has 1 unspecified atom stereocenters. The lowest BCUT2D eigenvalue weighted by atomic mass is 9.66. The summed E-state index contributed by atoms with van der Waals surface area (Å²) in [4.78, 5) is 29.5. The van der Waals surface area contributed by atoms with E-state index in [1.54, 1.807) is 13.8 Å². The van der Waals surface area contributed by atoms with Crippen LogP contribution in [0.4, 0.5) is 0 Å². The van der Waals surface area contributed by atoms with Crippen molar-refractivity contribution >= 4 is 11.9 Å². The zero-order valence-electron chi connectivity index (χ0n) is 17.0. The van der Waals surface area contributed by atoms with Crippen molar-refractivity contribution in [3.05, 3.63) is 70.8 Å². The lowest BCUT2D eigenvalue weighted by molar-refractivity contribution is -0.171. The molecule has 0 N–H and O–H groups in total. The summed E-state index contributed by atoms with van der Waals surface area (Å²) < 4.78 is 11.1. The molecule has 2 aliphatic heterocycles. The van der Waals surface area contributed by atoms with Crippen LogP contribution in [0.2, 0.25) is 0 Å². The summed E-state index contributed by atoms with van der Waals surface area (Å²) in [5.74, 6) is -1.06. The Bertz CT molecular complexity index is 905. The fourth-order valence-corrected chi connectivity index (χ4v) is 4.93. The normalized spacial score (nSPS) is 19.9. The quantitative estimate of drug-likeness (QED) is 0.587. The fourth-order valence-electron chi connectivity index (χ4n) is 4.93. The Labute approximate surface area is 171 Å². The zero-order valence-corrected chi connectivity index (χ0v) is 17.0. The first-order chi connectivity index (χ1) is 14.1. The Kier molecular flexibility index (Phi) is 5.41. The van der Waals surface area contributed by atoms with E-state index in [-0.39, 0.29) is 13.2 Å². The first-order valence-corrected chi connectivity index (χ1v) is 10.4. The van der Waals surface area contributed by atoms with Crippen LogP contribution in [0.15, 0.2) is 48.5 Å². The van der Waals surface area contributed by atoms with Crippen LogP contribution in [0.1, 0.15) is 48.6 Å². The van der Waals surface area contributed by atoms with Gasteiger partial charge in [0.2, 0.25) is 5.41 Å². The first kappa shape index (κ1) is 19.6. The van der Waals surface area contributed by atoms with Crippen LogP contribution in [0, 0.1) is 0 Å². The molecule has 2 aromatic carbocycles. The number of fused-ring (bicyclic) bond motifs is 4. The molecule has 1 atom stereocenters. The van der Waals surface area contributed by atoms with E-state index in [0.29, 0.717) is 12.1 Å². The van der Waals surface area contributed by atoms with Crippen LogP contribution in [-0.4, -0.2) is 36.6 Å². The second kappa shape index (κ2) is 7.99. The monoisotopic (exact) mass is 393 g/mol. The van der Waals surface area contributed by atoms with Gasteiger partial charge in [0.15, 0.2) is 0 Å². The molecule has 2 aromatic rings. The minimum atomic E-state index is -1.54. The van der Waals surface area contributed by atoms with E-state index < -0.39 is 23.4 Å². The number of esters is 2. The molecule has 2 heterocycles. The van der Waals surface area contributed by atoms with Crippen LogP contribution in [0.25, 0.3) is 0 Å². The van der Waals surface area contributed by atoms with Gasteiger partial charge in [-0.15, -0.1) is 0 Å². The van der Waals surface area contributed by atoms with Gasteiger partial charge in [0.25, 0.3) is 0 Å². The molecule has 0 aliphatic carbocycles. The average Bonchev–Trinajstić information content (AvgIpc) is 2.91. The smallest absolute Gasteiger partial charge is 0.330 e. The van der Waals surface area contributed by atoms with Crippen molar-refractivity contribution in [2.24, 2.45) is 0 Å². The minimum absolute atomic E-state index is 0.205. The van der Waals surface area contributed by atoms with E-state index in [1.165, 1.54) is 5.56 Å². The van der Waals surface area contributed by atoms with Gasteiger partial charge in [-0.3, -0.25) is 14.5 Å². The molecule has 0 saturated heterocycles. The summed E-state index contributed by atoms with van der Waals surface area (Å²) in [7, 11) is 0. The predicted molar refractivity (Wildman–Crippen MR) is 109 cm³/mol. The van der Waals surface area contributed by atoms with Gasteiger partial charge < -0.3 is 9.47 Å². The SMILES string of the molecule is CCOC(=O)C1(C(=O)OCC)c2ccccc2CN2CCCc3ccccc3C21. The third-order valence-electron chi connectivity index (χ3n) is 6.03.